The van der Waals surface area contributed by atoms with Gasteiger partial charge in [0, 0.05) is 10.9 Å². The first kappa shape index (κ1) is 9.94. The van der Waals surface area contributed by atoms with Crippen molar-refractivity contribution in [2.75, 3.05) is 0 Å². The highest BCUT2D eigenvalue weighted by Crippen LogP contribution is 2.08. The molecule has 0 saturated carbocycles. The van der Waals surface area contributed by atoms with E-state index in [0.29, 0.717) is 12.8 Å². The Morgan fingerprint density at radius 3 is 2.55 bits per heavy atom. The average Bonchev–Trinajstić information content (AvgIpc) is 2.02. The first-order chi connectivity index (χ1) is 5.13. The minimum atomic E-state index is -1.13. The van der Waals surface area contributed by atoms with Crippen LogP contribution in [0.15, 0.2) is 11.3 Å². The molecule has 0 saturated heterocycles. The van der Waals surface area contributed by atoms with Crippen molar-refractivity contribution in [2.24, 2.45) is 0 Å². The third kappa shape index (κ3) is 3.02. The van der Waals surface area contributed by atoms with Crippen LogP contribution in [0.25, 0.3) is 0 Å². The Labute approximate surface area is 64.4 Å². The van der Waals surface area contributed by atoms with E-state index < -0.39 is 5.97 Å². The molecule has 0 amide bonds. The topological polar surface area (TPSA) is 46.5 Å². The zero-order valence-electron chi connectivity index (χ0n) is 6.56. The van der Waals surface area contributed by atoms with Gasteiger partial charge in [0.15, 0.2) is 0 Å². The zero-order valence-corrected chi connectivity index (χ0v) is 6.56. The van der Waals surface area contributed by atoms with E-state index in [1.165, 1.54) is 6.92 Å². The summed E-state index contributed by atoms with van der Waals surface area (Å²) in [6, 6.07) is 0. The Kier molecular flexibility index (Phi) is 4.26. The van der Waals surface area contributed by atoms with Crippen LogP contribution >= 0.6 is 0 Å². The van der Waals surface area contributed by atoms with E-state index in [9.17, 15) is 9.32 Å². The number of carbonyl (C=O) groups is 1. The molecule has 11 heavy (non-hydrogen) atoms. The summed E-state index contributed by atoms with van der Waals surface area (Å²) in [5, 5.41) is 9.03. The maximum atomic E-state index is 11.2. The van der Waals surface area contributed by atoms with Gasteiger partial charge in [-0.2, -0.15) is 0 Å². The molecular formula is C7H11FO3. The van der Waals surface area contributed by atoms with E-state index in [1.54, 1.807) is 0 Å². The maximum absolute atomic E-state index is 11.2. The van der Waals surface area contributed by atoms with E-state index in [2.05, 4.69) is 4.94 Å². The van der Waals surface area contributed by atoms with E-state index in [-0.39, 0.29) is 11.3 Å². The van der Waals surface area contributed by atoms with Crippen molar-refractivity contribution in [1.82, 2.24) is 0 Å². The molecule has 4 heteroatoms. The number of hydrogen-bond acceptors (Lipinski definition) is 3. The van der Waals surface area contributed by atoms with Gasteiger partial charge in [-0.25, -0.2) is 9.74 Å². The van der Waals surface area contributed by atoms with E-state index >= 15 is 0 Å². The molecule has 0 spiro atoms. The molecule has 0 bridgehead atoms. The highest BCUT2D eigenvalue weighted by Gasteiger charge is 2.10. The number of aliphatic hydroxyl groups excluding tert-OH is 1. The molecule has 0 rings (SSSR count). The zero-order chi connectivity index (χ0) is 8.85. The van der Waals surface area contributed by atoms with Crippen LogP contribution in [0.5, 0.6) is 0 Å². The summed E-state index contributed by atoms with van der Waals surface area (Å²) in [4.78, 5) is 13.3. The Bertz CT molecular complexity index is 175. The van der Waals surface area contributed by atoms with Gasteiger partial charge in [0.25, 0.3) is 0 Å². The predicted octanol–water partition coefficient (Wildman–Crippen LogP) is 2.05. The molecule has 3 nitrogen and oxygen atoms in total. The normalized spacial score (nSPS) is 12.3. The third-order valence-corrected chi connectivity index (χ3v) is 1.30. The lowest BCUT2D eigenvalue weighted by Crippen LogP contribution is -2.02. The summed E-state index contributed by atoms with van der Waals surface area (Å²) in [7, 11) is 0. The van der Waals surface area contributed by atoms with Crippen LogP contribution in [0.1, 0.15) is 26.7 Å². The Morgan fingerprint density at radius 1 is 1.64 bits per heavy atom. The van der Waals surface area contributed by atoms with Gasteiger partial charge in [0.2, 0.25) is 0 Å². The van der Waals surface area contributed by atoms with Crippen molar-refractivity contribution < 1.29 is 19.4 Å². The Balaban J connectivity index is 4.26. The second-order valence-corrected chi connectivity index (χ2v) is 2.19. The summed E-state index contributed by atoms with van der Waals surface area (Å²) >= 11 is 0. The number of aliphatic hydroxyl groups is 1. The van der Waals surface area contributed by atoms with Gasteiger partial charge in [-0.3, -0.25) is 0 Å². The molecule has 0 aromatic heterocycles. The molecule has 0 aliphatic heterocycles. The van der Waals surface area contributed by atoms with Crippen LogP contribution < -0.4 is 0 Å². The molecule has 1 N–H and O–H groups in total. The summed E-state index contributed by atoms with van der Waals surface area (Å²) in [5.41, 5.74) is -0.0747. The number of carbonyl (C=O) groups excluding carboxylic acids is 1. The van der Waals surface area contributed by atoms with Crippen LogP contribution in [-0.2, 0) is 9.74 Å². The standard InChI is InChI=1S/C7H11FO3/c1-3-4-6(9)5(2)7(10)11-8/h9H,3-4H2,1-2H3. The summed E-state index contributed by atoms with van der Waals surface area (Å²) in [6.45, 7) is 3.15. The molecule has 0 aromatic carbocycles. The van der Waals surface area contributed by atoms with Crippen molar-refractivity contribution in [1.29, 1.82) is 0 Å². The van der Waals surface area contributed by atoms with Crippen molar-refractivity contribution in [3.05, 3.63) is 11.3 Å². The van der Waals surface area contributed by atoms with Gasteiger partial charge >= 0.3 is 5.97 Å². The first-order valence-electron chi connectivity index (χ1n) is 3.35. The predicted molar refractivity (Wildman–Crippen MR) is 37.4 cm³/mol. The van der Waals surface area contributed by atoms with Crippen LogP contribution in [-0.4, -0.2) is 11.1 Å². The van der Waals surface area contributed by atoms with Crippen LogP contribution in [0, 0.1) is 0 Å². The molecule has 0 unspecified atom stereocenters. The minimum absolute atomic E-state index is 0.0747. The highest BCUT2D eigenvalue weighted by molar-refractivity contribution is 5.87. The third-order valence-electron chi connectivity index (χ3n) is 1.30. The minimum Gasteiger partial charge on any atom is -0.512 e. The average molecular weight is 162 g/mol. The van der Waals surface area contributed by atoms with Gasteiger partial charge < -0.3 is 5.11 Å². The highest BCUT2D eigenvalue weighted by atomic mass is 19.3. The number of halogens is 1. The Morgan fingerprint density at radius 2 is 2.18 bits per heavy atom. The summed E-state index contributed by atoms with van der Waals surface area (Å²) in [6.07, 6.45) is 1.06. The van der Waals surface area contributed by atoms with Crippen molar-refractivity contribution in [2.45, 2.75) is 26.7 Å². The lowest BCUT2D eigenvalue weighted by atomic mass is 10.2. The van der Waals surface area contributed by atoms with E-state index in [1.807, 2.05) is 6.92 Å². The smallest absolute Gasteiger partial charge is 0.378 e. The second kappa shape index (κ2) is 4.71. The quantitative estimate of drug-likeness (QED) is 0.510. The number of allylic oxidation sites excluding steroid dienone is 1. The molecule has 0 fully saturated rings. The Hall–Kier alpha value is -1.06. The maximum Gasteiger partial charge on any atom is 0.378 e. The van der Waals surface area contributed by atoms with Crippen LogP contribution in [0.2, 0.25) is 0 Å². The fraction of sp³-hybridized carbons (Fsp3) is 0.571. The van der Waals surface area contributed by atoms with Crippen LogP contribution in [0.3, 0.4) is 0 Å². The van der Waals surface area contributed by atoms with Crippen molar-refractivity contribution in [3.8, 4) is 0 Å². The monoisotopic (exact) mass is 162 g/mol. The second-order valence-electron chi connectivity index (χ2n) is 2.19. The summed E-state index contributed by atoms with van der Waals surface area (Å²) in [5.74, 6) is -1.24. The SMILES string of the molecule is CCCC(O)=C(C)C(=O)OF. The molecule has 0 aliphatic rings. The first-order valence-corrected chi connectivity index (χ1v) is 3.35. The van der Waals surface area contributed by atoms with Gasteiger partial charge in [0.05, 0.1) is 5.57 Å². The van der Waals surface area contributed by atoms with Gasteiger partial charge in [-0.15, -0.1) is 0 Å². The van der Waals surface area contributed by atoms with E-state index in [0.717, 1.165) is 0 Å². The molecule has 64 valence electrons. The van der Waals surface area contributed by atoms with Gasteiger partial charge in [-0.05, 0) is 13.3 Å². The van der Waals surface area contributed by atoms with Crippen molar-refractivity contribution in [3.63, 3.8) is 0 Å². The molecule has 0 aliphatic carbocycles. The fourth-order valence-electron chi connectivity index (χ4n) is 0.600. The van der Waals surface area contributed by atoms with E-state index in [4.69, 9.17) is 5.11 Å². The molecule has 0 atom stereocenters. The van der Waals surface area contributed by atoms with Gasteiger partial charge in [0.1, 0.15) is 5.76 Å². The lowest BCUT2D eigenvalue weighted by Gasteiger charge is -1.99. The fourth-order valence-corrected chi connectivity index (χ4v) is 0.600. The summed E-state index contributed by atoms with van der Waals surface area (Å²) < 4.78 is 11.2. The molecule has 0 aromatic rings. The molecule has 0 heterocycles. The van der Waals surface area contributed by atoms with Gasteiger partial charge in [-0.1, -0.05) is 6.92 Å². The van der Waals surface area contributed by atoms with Crippen LogP contribution in [0.4, 0.5) is 4.53 Å². The van der Waals surface area contributed by atoms with Crippen molar-refractivity contribution >= 4 is 5.97 Å². The number of rotatable bonds is 3. The molecule has 0 radical (unpaired) electrons. The largest absolute Gasteiger partial charge is 0.512 e. The lowest BCUT2D eigenvalue weighted by molar-refractivity contribution is -0.178. The number of hydrogen-bond donors (Lipinski definition) is 1. The molecular weight excluding hydrogens is 151 g/mol.